The molecule has 3 rings (SSSR count). The molecule has 0 saturated carbocycles. The van der Waals surface area contributed by atoms with Gasteiger partial charge in [-0.25, -0.2) is 9.78 Å². The average Bonchev–Trinajstić information content (AvgIpc) is 2.90. The number of methoxy groups -OCH3 is 1. The number of hydrogen-bond acceptors (Lipinski definition) is 4. The number of anilines is 1. The van der Waals surface area contributed by atoms with Crippen LogP contribution in [0.1, 0.15) is 26.5 Å². The van der Waals surface area contributed by atoms with Crippen molar-refractivity contribution in [1.82, 2.24) is 9.38 Å². The highest BCUT2D eigenvalue weighted by Crippen LogP contribution is 2.22. The molecule has 2 aromatic heterocycles. The Morgan fingerprint density at radius 3 is 2.75 bits per heavy atom. The minimum Gasteiger partial charge on any atom is -0.493 e. The van der Waals surface area contributed by atoms with Crippen molar-refractivity contribution in [2.45, 2.75) is 6.92 Å². The molecule has 0 aliphatic heterocycles. The maximum atomic E-state index is 12.6. The molecule has 0 saturated heterocycles. The number of aromatic nitrogens is 2. The highest BCUT2D eigenvalue weighted by atomic mass is 16.5. The van der Waals surface area contributed by atoms with E-state index in [-0.39, 0.29) is 11.5 Å². The van der Waals surface area contributed by atoms with Crippen LogP contribution in [0, 0.1) is 6.92 Å². The first-order valence-corrected chi connectivity index (χ1v) is 7.17. The molecule has 122 valence electrons. The highest BCUT2D eigenvalue weighted by Gasteiger charge is 2.19. The Morgan fingerprint density at radius 1 is 1.25 bits per heavy atom. The molecule has 2 N–H and O–H groups in total. The fraction of sp³-hybridized carbons (Fsp3) is 0.118. The van der Waals surface area contributed by atoms with Gasteiger partial charge in [-0.3, -0.25) is 9.20 Å². The van der Waals surface area contributed by atoms with Crippen molar-refractivity contribution in [2.75, 3.05) is 12.4 Å². The molecule has 3 aromatic rings. The number of nitrogens with one attached hydrogen (secondary N) is 1. The largest absolute Gasteiger partial charge is 0.493 e. The molecule has 7 heteroatoms. The first-order chi connectivity index (χ1) is 11.5. The number of pyridine rings is 1. The van der Waals surface area contributed by atoms with Crippen molar-refractivity contribution in [1.29, 1.82) is 0 Å². The molecule has 0 spiro atoms. The summed E-state index contributed by atoms with van der Waals surface area (Å²) in [5.74, 6) is -0.870. The number of carbonyl (C=O) groups is 2. The van der Waals surface area contributed by atoms with Gasteiger partial charge in [0, 0.05) is 11.9 Å². The summed E-state index contributed by atoms with van der Waals surface area (Å²) < 4.78 is 6.90. The van der Waals surface area contributed by atoms with Gasteiger partial charge in [-0.1, -0.05) is 6.07 Å². The number of imidazole rings is 1. The van der Waals surface area contributed by atoms with Gasteiger partial charge < -0.3 is 15.2 Å². The lowest BCUT2D eigenvalue weighted by molar-refractivity contribution is 0.0696. The van der Waals surface area contributed by atoms with E-state index in [1.807, 2.05) is 0 Å². The normalized spacial score (nSPS) is 10.6. The van der Waals surface area contributed by atoms with Crippen molar-refractivity contribution in [3.63, 3.8) is 0 Å². The molecule has 0 fully saturated rings. The molecule has 1 amide bonds. The summed E-state index contributed by atoms with van der Waals surface area (Å²) in [6, 6.07) is 9.59. The zero-order valence-corrected chi connectivity index (χ0v) is 13.1. The average molecular weight is 325 g/mol. The summed E-state index contributed by atoms with van der Waals surface area (Å²) in [5, 5.41) is 11.7. The Kier molecular flexibility index (Phi) is 3.91. The predicted octanol–water partition coefficient (Wildman–Crippen LogP) is 2.60. The van der Waals surface area contributed by atoms with Crippen LogP contribution in [0.2, 0.25) is 0 Å². The summed E-state index contributed by atoms with van der Waals surface area (Å²) in [7, 11) is 1.54. The third-order valence-corrected chi connectivity index (χ3v) is 3.59. The minimum atomic E-state index is -1.05. The lowest BCUT2D eigenvalue weighted by Gasteiger charge is -2.07. The lowest BCUT2D eigenvalue weighted by Crippen LogP contribution is -2.16. The molecule has 0 radical (unpaired) electrons. The van der Waals surface area contributed by atoms with E-state index in [0.29, 0.717) is 28.5 Å². The van der Waals surface area contributed by atoms with E-state index in [1.165, 1.54) is 19.2 Å². The molecule has 0 aliphatic rings. The number of ether oxygens (including phenoxy) is 1. The maximum absolute atomic E-state index is 12.6. The van der Waals surface area contributed by atoms with Crippen LogP contribution in [0.25, 0.3) is 5.65 Å². The van der Waals surface area contributed by atoms with Gasteiger partial charge in [0.15, 0.2) is 11.4 Å². The number of carbonyl (C=O) groups excluding carboxylic acids is 1. The number of amides is 1. The number of carboxylic acid groups (broad SMARTS) is 1. The van der Waals surface area contributed by atoms with E-state index >= 15 is 0 Å². The van der Waals surface area contributed by atoms with Crippen LogP contribution in [0.3, 0.4) is 0 Å². The van der Waals surface area contributed by atoms with Crippen LogP contribution in [0.5, 0.6) is 5.75 Å². The Hall–Kier alpha value is -3.35. The molecular formula is C17H15N3O4. The van der Waals surface area contributed by atoms with E-state index < -0.39 is 5.97 Å². The van der Waals surface area contributed by atoms with E-state index in [4.69, 9.17) is 9.84 Å². The van der Waals surface area contributed by atoms with E-state index in [9.17, 15) is 9.59 Å². The number of benzene rings is 1. The molecule has 2 heterocycles. The first kappa shape index (κ1) is 15.5. The van der Waals surface area contributed by atoms with Crippen molar-refractivity contribution in [2.24, 2.45) is 0 Å². The Bertz CT molecular complexity index is 946. The smallest absolute Gasteiger partial charge is 0.335 e. The summed E-state index contributed by atoms with van der Waals surface area (Å²) in [6.07, 6.45) is 1.72. The topological polar surface area (TPSA) is 92.9 Å². The summed E-state index contributed by atoms with van der Waals surface area (Å²) in [4.78, 5) is 28.0. The van der Waals surface area contributed by atoms with Crippen LogP contribution >= 0.6 is 0 Å². The Balaban J connectivity index is 1.99. The first-order valence-electron chi connectivity index (χ1n) is 7.17. The SMILES string of the molecule is COc1cccn2c(C(=O)Nc3cccc(C(=O)O)c3)c(C)nc12. The zero-order valence-electron chi connectivity index (χ0n) is 13.1. The van der Waals surface area contributed by atoms with Crippen LogP contribution in [0.15, 0.2) is 42.6 Å². The van der Waals surface area contributed by atoms with E-state index in [2.05, 4.69) is 10.3 Å². The van der Waals surface area contributed by atoms with Gasteiger partial charge in [-0.05, 0) is 37.3 Å². The van der Waals surface area contributed by atoms with Gasteiger partial charge in [-0.2, -0.15) is 0 Å². The molecule has 0 atom stereocenters. The molecule has 0 unspecified atom stereocenters. The number of aromatic carboxylic acids is 1. The van der Waals surface area contributed by atoms with Gasteiger partial charge in [0.25, 0.3) is 5.91 Å². The van der Waals surface area contributed by atoms with Crippen molar-refractivity contribution in [3.8, 4) is 5.75 Å². The second kappa shape index (κ2) is 6.04. The number of fused-ring (bicyclic) bond motifs is 1. The Labute approximate surface area is 137 Å². The van der Waals surface area contributed by atoms with Gasteiger partial charge in [0.05, 0.1) is 18.4 Å². The number of rotatable bonds is 4. The predicted molar refractivity (Wildman–Crippen MR) is 87.8 cm³/mol. The fourth-order valence-corrected chi connectivity index (χ4v) is 2.51. The quantitative estimate of drug-likeness (QED) is 0.769. The van der Waals surface area contributed by atoms with Crippen LogP contribution < -0.4 is 10.1 Å². The number of hydrogen-bond donors (Lipinski definition) is 2. The Morgan fingerprint density at radius 2 is 2.04 bits per heavy atom. The van der Waals surface area contributed by atoms with E-state index in [0.717, 1.165) is 0 Å². The van der Waals surface area contributed by atoms with Crippen LogP contribution in [-0.2, 0) is 0 Å². The molecule has 1 aromatic carbocycles. The second-order valence-corrected chi connectivity index (χ2v) is 5.16. The number of carboxylic acids is 1. The van der Waals surface area contributed by atoms with E-state index in [1.54, 1.807) is 41.8 Å². The molecule has 7 nitrogen and oxygen atoms in total. The summed E-state index contributed by atoms with van der Waals surface area (Å²) in [5.41, 5.74) is 1.96. The van der Waals surface area contributed by atoms with Crippen molar-refractivity contribution >= 4 is 23.2 Å². The van der Waals surface area contributed by atoms with Gasteiger partial charge in [0.1, 0.15) is 5.69 Å². The number of nitrogens with zero attached hydrogens (tertiary/aromatic N) is 2. The third-order valence-electron chi connectivity index (χ3n) is 3.59. The third kappa shape index (κ3) is 2.67. The van der Waals surface area contributed by atoms with Crippen molar-refractivity contribution in [3.05, 3.63) is 59.5 Å². The second-order valence-electron chi connectivity index (χ2n) is 5.16. The number of aryl methyl sites for hydroxylation is 1. The lowest BCUT2D eigenvalue weighted by atomic mass is 10.2. The van der Waals surface area contributed by atoms with Gasteiger partial charge in [-0.15, -0.1) is 0 Å². The monoisotopic (exact) mass is 325 g/mol. The summed E-state index contributed by atoms with van der Waals surface area (Å²) >= 11 is 0. The standard InChI is InChI=1S/C17H15N3O4/c1-10-14(20-8-4-7-13(24-2)15(20)18-10)16(21)19-12-6-3-5-11(9-12)17(22)23/h3-9H,1-2H3,(H,19,21)(H,22,23). The van der Waals surface area contributed by atoms with Gasteiger partial charge in [0.2, 0.25) is 0 Å². The summed E-state index contributed by atoms with van der Waals surface area (Å²) in [6.45, 7) is 1.73. The molecule has 0 bridgehead atoms. The molecule has 24 heavy (non-hydrogen) atoms. The fourth-order valence-electron chi connectivity index (χ4n) is 2.51. The van der Waals surface area contributed by atoms with Crippen molar-refractivity contribution < 1.29 is 19.4 Å². The highest BCUT2D eigenvalue weighted by molar-refractivity contribution is 6.05. The van der Waals surface area contributed by atoms with Crippen LogP contribution in [0.4, 0.5) is 5.69 Å². The molecular weight excluding hydrogens is 310 g/mol. The molecule has 0 aliphatic carbocycles. The minimum absolute atomic E-state index is 0.101. The zero-order chi connectivity index (χ0) is 17.3. The van der Waals surface area contributed by atoms with Gasteiger partial charge >= 0.3 is 5.97 Å². The van der Waals surface area contributed by atoms with Crippen LogP contribution in [-0.4, -0.2) is 33.5 Å². The maximum Gasteiger partial charge on any atom is 0.335 e.